The number of anilines is 2. The van der Waals surface area contributed by atoms with Crippen LogP contribution in [0.3, 0.4) is 0 Å². The van der Waals surface area contributed by atoms with Crippen LogP contribution in [0, 0.1) is 11.3 Å². The van der Waals surface area contributed by atoms with Gasteiger partial charge < -0.3 is 30.4 Å². The topological polar surface area (TPSA) is 189 Å². The first kappa shape index (κ1) is 44.2. The van der Waals surface area contributed by atoms with Crippen LogP contribution in [0.2, 0.25) is 0 Å². The fourth-order valence-corrected chi connectivity index (χ4v) is 10.3. The zero-order chi connectivity index (χ0) is 46.2. The molecule has 2 aromatic heterocycles. The summed E-state index contributed by atoms with van der Waals surface area (Å²) >= 11 is 0. The normalized spacial score (nSPS) is 18.9. The molecule has 330 valence electrons. The molecule has 3 atom stereocenters. The molecule has 0 spiro atoms. The van der Waals surface area contributed by atoms with E-state index in [1.807, 2.05) is 30.0 Å². The number of aromatic amines is 1. The van der Waals surface area contributed by atoms with Crippen molar-refractivity contribution in [1.82, 2.24) is 25.1 Å². The molecule has 0 bridgehead atoms. The van der Waals surface area contributed by atoms with Gasteiger partial charge in [0.15, 0.2) is 11.9 Å². The molecule has 5 aromatic rings. The number of amides is 1. The minimum absolute atomic E-state index is 0.0175. The first-order valence-electron chi connectivity index (χ1n) is 22.1. The second-order valence-corrected chi connectivity index (χ2v) is 17.8. The summed E-state index contributed by atoms with van der Waals surface area (Å²) in [6, 6.07) is 16.8. The lowest BCUT2D eigenvalue weighted by Gasteiger charge is -2.46. The molecule has 8 rings (SSSR count). The van der Waals surface area contributed by atoms with Gasteiger partial charge in [0.25, 0.3) is 0 Å². The maximum atomic E-state index is 13.3. The Kier molecular flexibility index (Phi) is 12.2. The van der Waals surface area contributed by atoms with E-state index in [0.29, 0.717) is 53.5 Å². The van der Waals surface area contributed by atoms with Crippen molar-refractivity contribution >= 4 is 74.2 Å². The summed E-state index contributed by atoms with van der Waals surface area (Å²) in [4.78, 5) is 82.1. The Morgan fingerprint density at radius 1 is 0.892 bits per heavy atom. The summed E-state index contributed by atoms with van der Waals surface area (Å²) < 4.78 is 1.44. The molecule has 0 saturated carbocycles. The highest BCUT2D eigenvalue weighted by Crippen LogP contribution is 2.50. The maximum Gasteiger partial charge on any atom is 0.234 e. The van der Waals surface area contributed by atoms with Crippen LogP contribution in [0.25, 0.3) is 27.2 Å². The molecule has 65 heavy (non-hydrogen) atoms. The number of nitrogens with zero attached hydrogens (tertiary/aromatic N) is 4. The molecule has 4 heterocycles. The monoisotopic (exact) mass is 870 g/mol. The third-order valence-corrected chi connectivity index (χ3v) is 13.5. The average molecular weight is 871 g/mol. The molecular weight excluding hydrogens is 821 g/mol. The second-order valence-electron chi connectivity index (χ2n) is 17.8. The number of aromatic nitrogens is 2. The minimum Gasteiger partial charge on any atom is -0.384 e. The number of piperazine rings is 1. The Morgan fingerprint density at radius 3 is 2.32 bits per heavy atom. The average Bonchev–Trinajstić information content (AvgIpc) is 3.87. The fraction of sp³-hybridized carbons (Fsp3) is 0.373. The van der Waals surface area contributed by atoms with E-state index in [9.17, 15) is 34.0 Å². The highest BCUT2D eigenvalue weighted by atomic mass is 16.2. The molecule has 2 fully saturated rings. The summed E-state index contributed by atoms with van der Waals surface area (Å²) in [5, 5.41) is 20.8. The van der Waals surface area contributed by atoms with Crippen molar-refractivity contribution in [1.29, 1.82) is 5.26 Å². The lowest BCUT2D eigenvalue weighted by atomic mass is 9.69. The largest absolute Gasteiger partial charge is 0.384 e. The van der Waals surface area contributed by atoms with Gasteiger partial charge in [-0.2, -0.15) is 5.26 Å². The third-order valence-electron chi connectivity index (χ3n) is 13.5. The molecule has 14 heteroatoms. The number of unbranched alkanes of at least 4 members (excludes halogenated alkanes) is 1. The summed E-state index contributed by atoms with van der Waals surface area (Å²) in [6.45, 7) is 13.5. The molecule has 2 saturated heterocycles. The number of nitriles is 1. The van der Waals surface area contributed by atoms with Crippen LogP contribution in [-0.4, -0.2) is 94.9 Å². The van der Waals surface area contributed by atoms with Crippen molar-refractivity contribution in [2.24, 2.45) is 0 Å². The summed E-state index contributed by atoms with van der Waals surface area (Å²) in [7, 11) is 0. The Hall–Kier alpha value is -7.43. The fourth-order valence-electron chi connectivity index (χ4n) is 10.3. The van der Waals surface area contributed by atoms with Gasteiger partial charge in [-0.15, -0.1) is 0 Å². The van der Waals surface area contributed by atoms with Gasteiger partial charge in [0, 0.05) is 94.4 Å². The summed E-state index contributed by atoms with van der Waals surface area (Å²) in [5.41, 5.74) is 8.22. The number of allylic oxidation sites excluding steroid dienone is 2. The minimum atomic E-state index is -0.748. The van der Waals surface area contributed by atoms with E-state index in [1.54, 1.807) is 30.2 Å². The van der Waals surface area contributed by atoms with Crippen LogP contribution < -0.4 is 31.5 Å². The summed E-state index contributed by atoms with van der Waals surface area (Å²) in [6.07, 6.45) is 2.70. The Labute approximate surface area is 375 Å². The van der Waals surface area contributed by atoms with Crippen LogP contribution in [-0.2, 0) is 40.6 Å². The molecule has 1 aliphatic carbocycles. The van der Waals surface area contributed by atoms with Crippen LogP contribution in [0.15, 0.2) is 59.9 Å². The zero-order valence-corrected chi connectivity index (χ0v) is 37.2. The zero-order valence-electron chi connectivity index (χ0n) is 37.2. The van der Waals surface area contributed by atoms with Crippen LogP contribution >= 0.6 is 0 Å². The number of carbonyl (C=O) groups excluding carboxylic acids is 6. The van der Waals surface area contributed by atoms with Crippen LogP contribution in [0.5, 0.6) is 0 Å². The SMILES string of the molecule is CCc1cc2c(cc1N1CC(C)N(CC(=O)NCCCCNc3cccc4c(=C=O)n(C5CCC(=C=O)NC5=C=O)c(=C=O)c34)C(C)C1)C(C)(C)c1[nH]c3cc(C#N)ccc3c1C2=C=O. The maximum absolute atomic E-state index is 13.3. The van der Waals surface area contributed by atoms with Crippen molar-refractivity contribution < 1.29 is 28.8 Å². The van der Waals surface area contributed by atoms with Crippen molar-refractivity contribution in [3.8, 4) is 6.07 Å². The molecule has 2 aliphatic heterocycles. The lowest BCUT2D eigenvalue weighted by Crippen LogP contribution is -2.59. The van der Waals surface area contributed by atoms with Crippen LogP contribution in [0.1, 0.15) is 99.9 Å². The number of fused-ring (bicyclic) bond motifs is 5. The van der Waals surface area contributed by atoms with Gasteiger partial charge in [0.05, 0.1) is 29.8 Å². The molecule has 14 nitrogen and oxygen atoms in total. The van der Waals surface area contributed by atoms with Crippen molar-refractivity contribution in [3.05, 3.63) is 104 Å². The van der Waals surface area contributed by atoms with Gasteiger partial charge >= 0.3 is 0 Å². The van der Waals surface area contributed by atoms with Gasteiger partial charge in [0.1, 0.15) is 39.9 Å². The van der Waals surface area contributed by atoms with E-state index in [2.05, 4.69) is 89.5 Å². The molecule has 4 N–H and O–H groups in total. The molecular formula is C51H50N8O6. The van der Waals surface area contributed by atoms with Crippen LogP contribution in [0.4, 0.5) is 11.4 Å². The van der Waals surface area contributed by atoms with E-state index in [-0.39, 0.29) is 59.5 Å². The van der Waals surface area contributed by atoms with Gasteiger partial charge in [0.2, 0.25) is 5.91 Å². The number of hydrogen-bond donors (Lipinski definition) is 4. The predicted octanol–water partition coefficient (Wildman–Crippen LogP) is 3.73. The Balaban J connectivity index is 0.892. The Bertz CT molecular complexity index is 3150. The number of hydrogen-bond acceptors (Lipinski definition) is 11. The molecule has 0 radical (unpaired) electrons. The van der Waals surface area contributed by atoms with Gasteiger partial charge in [-0.1, -0.05) is 39.0 Å². The van der Waals surface area contributed by atoms with Gasteiger partial charge in [-0.25, -0.2) is 24.0 Å². The van der Waals surface area contributed by atoms with E-state index >= 15 is 0 Å². The number of benzene rings is 3. The number of piperidine rings is 1. The number of aryl methyl sites for hydroxylation is 1. The highest BCUT2D eigenvalue weighted by molar-refractivity contribution is 6.10. The highest BCUT2D eigenvalue weighted by Gasteiger charge is 2.40. The first-order valence-corrected chi connectivity index (χ1v) is 22.1. The van der Waals surface area contributed by atoms with Crippen molar-refractivity contribution in [2.75, 3.05) is 42.9 Å². The number of rotatable bonds is 11. The lowest BCUT2D eigenvalue weighted by molar-refractivity contribution is -0.123. The quantitative estimate of drug-likeness (QED) is 0.112. The van der Waals surface area contributed by atoms with E-state index in [0.717, 1.165) is 64.0 Å². The molecule has 3 aromatic carbocycles. The van der Waals surface area contributed by atoms with E-state index in [1.165, 1.54) is 4.57 Å². The number of nitrogens with one attached hydrogen (secondary N) is 4. The summed E-state index contributed by atoms with van der Waals surface area (Å²) in [5.74, 6) is 9.72. The first-order chi connectivity index (χ1) is 31.4. The van der Waals surface area contributed by atoms with Gasteiger partial charge in [-0.05, 0) is 86.6 Å². The Morgan fingerprint density at radius 2 is 1.65 bits per heavy atom. The number of carbonyl (C=O) groups is 1. The standard InChI is InChI=1S/C51H50N8O6/c1-6-33-19-37-38(26-61)48-35-14-12-32(21-52)18-41(35)56-50(48)51(4,5)39(37)20-44(33)57-22-30(2)58(31(3)23-57)24-47(65)54-17-8-7-16-53-40-11-9-10-36-45(28-63)59(46(29-64)49(36)40)43-15-13-34(25-60)55-42(43)27-62/h9-12,14,18-20,30-31,43,53,55-56H,6-8,13,15-17,22-24H2,1-5H3,(H,54,65). The van der Waals surface area contributed by atoms with E-state index in [4.69, 9.17) is 0 Å². The van der Waals surface area contributed by atoms with Crippen molar-refractivity contribution in [2.45, 2.75) is 90.3 Å². The second kappa shape index (κ2) is 18.0. The third kappa shape index (κ3) is 7.74. The molecule has 3 unspecified atom stereocenters. The van der Waals surface area contributed by atoms with Crippen molar-refractivity contribution in [3.63, 3.8) is 0 Å². The number of H-pyrrole nitrogens is 1. The van der Waals surface area contributed by atoms with E-state index < -0.39 is 11.5 Å². The van der Waals surface area contributed by atoms with Gasteiger partial charge in [-0.3, -0.25) is 9.69 Å². The smallest absolute Gasteiger partial charge is 0.234 e. The molecule has 3 aliphatic rings. The predicted molar refractivity (Wildman–Crippen MR) is 248 cm³/mol. The molecule has 1 amide bonds.